The summed E-state index contributed by atoms with van der Waals surface area (Å²) in [5, 5.41) is 0.567. The van der Waals surface area contributed by atoms with E-state index >= 15 is 0 Å². The van der Waals surface area contributed by atoms with Gasteiger partial charge >= 0.3 is 0 Å². The molecule has 1 aliphatic rings. The van der Waals surface area contributed by atoms with Crippen LogP contribution in [0.25, 0.3) is 0 Å². The van der Waals surface area contributed by atoms with Crippen LogP contribution in [0.4, 0.5) is 0 Å². The van der Waals surface area contributed by atoms with Crippen LogP contribution in [0.3, 0.4) is 0 Å². The van der Waals surface area contributed by atoms with Crippen LogP contribution in [0.1, 0.15) is 18.4 Å². The van der Waals surface area contributed by atoms with E-state index in [9.17, 15) is 0 Å². The molecule has 1 saturated heterocycles. The third-order valence-corrected chi connectivity index (χ3v) is 3.24. The van der Waals surface area contributed by atoms with Crippen molar-refractivity contribution in [2.45, 2.75) is 25.4 Å². The topological polar surface area (TPSA) is 25.4 Å². The number of aromatic nitrogens is 1. The van der Waals surface area contributed by atoms with Gasteiger partial charge in [0.1, 0.15) is 5.15 Å². The molecule has 0 aliphatic carbocycles. The maximum Gasteiger partial charge on any atom is 0.129 e. The van der Waals surface area contributed by atoms with Crippen LogP contribution >= 0.6 is 11.6 Å². The van der Waals surface area contributed by atoms with Crippen molar-refractivity contribution in [1.29, 1.82) is 0 Å². The number of hydrogen-bond acceptors (Lipinski definition) is 3. The van der Waals surface area contributed by atoms with Crippen LogP contribution in [0.5, 0.6) is 0 Å². The number of pyridine rings is 1. The number of rotatable bonds is 3. The summed E-state index contributed by atoms with van der Waals surface area (Å²) in [4.78, 5) is 6.36. The van der Waals surface area contributed by atoms with Crippen LogP contribution in [0.15, 0.2) is 18.3 Å². The fourth-order valence-electron chi connectivity index (χ4n) is 2.08. The van der Waals surface area contributed by atoms with E-state index in [2.05, 4.69) is 16.9 Å². The van der Waals surface area contributed by atoms with Gasteiger partial charge in [0.05, 0.1) is 0 Å². The summed E-state index contributed by atoms with van der Waals surface area (Å²) in [5.41, 5.74) is 1.22. The van der Waals surface area contributed by atoms with Gasteiger partial charge in [-0.1, -0.05) is 11.6 Å². The van der Waals surface area contributed by atoms with Gasteiger partial charge in [-0.25, -0.2) is 4.98 Å². The van der Waals surface area contributed by atoms with Crippen LogP contribution in [0, 0.1) is 0 Å². The van der Waals surface area contributed by atoms with Crippen molar-refractivity contribution in [3.63, 3.8) is 0 Å². The van der Waals surface area contributed by atoms with Crippen LogP contribution in [-0.4, -0.2) is 36.2 Å². The van der Waals surface area contributed by atoms with Gasteiger partial charge in [0.2, 0.25) is 0 Å². The molecule has 0 aromatic carbocycles. The highest BCUT2D eigenvalue weighted by atomic mass is 35.5. The molecule has 0 radical (unpaired) electrons. The summed E-state index contributed by atoms with van der Waals surface area (Å²) in [5.74, 6) is 0. The number of ether oxygens (including phenoxy) is 1. The summed E-state index contributed by atoms with van der Waals surface area (Å²) >= 11 is 5.86. The quantitative estimate of drug-likeness (QED) is 0.759. The normalized spacial score (nSPS) is 17.9. The van der Waals surface area contributed by atoms with Gasteiger partial charge in [0.25, 0.3) is 0 Å². The Morgan fingerprint density at radius 2 is 2.25 bits per heavy atom. The lowest BCUT2D eigenvalue weighted by molar-refractivity contribution is 0.0407. The average Bonchev–Trinajstić information content (AvgIpc) is 2.30. The Morgan fingerprint density at radius 1 is 1.50 bits per heavy atom. The molecule has 2 rings (SSSR count). The Kier molecular flexibility index (Phi) is 4.16. The summed E-state index contributed by atoms with van der Waals surface area (Å²) < 4.78 is 5.36. The lowest BCUT2D eigenvalue weighted by atomic mass is 10.1. The lowest BCUT2D eigenvalue weighted by Crippen LogP contribution is -2.36. The van der Waals surface area contributed by atoms with Crippen molar-refractivity contribution in [2.75, 3.05) is 20.3 Å². The first-order chi connectivity index (χ1) is 7.75. The van der Waals surface area contributed by atoms with Gasteiger partial charge < -0.3 is 4.74 Å². The van der Waals surface area contributed by atoms with E-state index < -0.39 is 0 Å². The SMILES string of the molecule is CN(Cc1ccnc(Cl)c1)C1CCOCC1. The fraction of sp³-hybridized carbons (Fsp3) is 0.583. The lowest BCUT2D eigenvalue weighted by Gasteiger charge is -2.31. The number of hydrogen-bond donors (Lipinski definition) is 0. The smallest absolute Gasteiger partial charge is 0.129 e. The fourth-order valence-corrected chi connectivity index (χ4v) is 2.28. The van der Waals surface area contributed by atoms with E-state index in [1.54, 1.807) is 6.20 Å². The molecule has 0 bridgehead atoms. The molecule has 0 N–H and O–H groups in total. The summed E-state index contributed by atoms with van der Waals surface area (Å²) in [6, 6.07) is 4.57. The maximum absolute atomic E-state index is 5.86. The van der Waals surface area contributed by atoms with Gasteiger partial charge in [-0.05, 0) is 37.6 Å². The van der Waals surface area contributed by atoms with Crippen molar-refractivity contribution in [1.82, 2.24) is 9.88 Å². The second-order valence-electron chi connectivity index (χ2n) is 4.25. The van der Waals surface area contributed by atoms with E-state index in [-0.39, 0.29) is 0 Å². The van der Waals surface area contributed by atoms with Crippen molar-refractivity contribution in [3.8, 4) is 0 Å². The molecule has 0 unspecified atom stereocenters. The second-order valence-corrected chi connectivity index (χ2v) is 4.63. The van der Waals surface area contributed by atoms with Crippen LogP contribution < -0.4 is 0 Å². The summed E-state index contributed by atoms with van der Waals surface area (Å²) in [6.45, 7) is 2.69. The molecule has 1 aromatic heterocycles. The van der Waals surface area contributed by atoms with Crippen LogP contribution in [-0.2, 0) is 11.3 Å². The Balaban J connectivity index is 1.93. The van der Waals surface area contributed by atoms with Gasteiger partial charge in [0.15, 0.2) is 0 Å². The molecule has 0 atom stereocenters. The second kappa shape index (κ2) is 5.62. The zero-order valence-electron chi connectivity index (χ0n) is 9.53. The molecule has 4 heteroatoms. The molecule has 88 valence electrons. The zero-order valence-corrected chi connectivity index (χ0v) is 10.3. The molecular formula is C12H17ClN2O. The molecule has 1 fully saturated rings. The number of nitrogens with zero attached hydrogens (tertiary/aromatic N) is 2. The Labute approximate surface area is 101 Å². The van der Waals surface area contributed by atoms with Gasteiger partial charge in [-0.2, -0.15) is 0 Å². The Morgan fingerprint density at radius 3 is 2.94 bits per heavy atom. The molecule has 0 spiro atoms. The highest BCUT2D eigenvalue weighted by Gasteiger charge is 2.18. The first-order valence-corrected chi connectivity index (χ1v) is 6.02. The predicted molar refractivity (Wildman–Crippen MR) is 64.6 cm³/mol. The van der Waals surface area contributed by atoms with Gasteiger partial charge in [0, 0.05) is 32.0 Å². The van der Waals surface area contributed by atoms with Crippen molar-refractivity contribution >= 4 is 11.6 Å². The molecule has 0 saturated carbocycles. The first kappa shape index (κ1) is 11.8. The van der Waals surface area contributed by atoms with Crippen molar-refractivity contribution < 1.29 is 4.74 Å². The highest BCUT2D eigenvalue weighted by molar-refractivity contribution is 6.29. The molecule has 2 heterocycles. The third kappa shape index (κ3) is 3.17. The van der Waals surface area contributed by atoms with E-state index in [1.807, 2.05) is 12.1 Å². The molecule has 1 aliphatic heterocycles. The van der Waals surface area contributed by atoms with Crippen molar-refractivity contribution in [3.05, 3.63) is 29.0 Å². The molecule has 16 heavy (non-hydrogen) atoms. The minimum atomic E-state index is 0.567. The van der Waals surface area contributed by atoms with Crippen molar-refractivity contribution in [2.24, 2.45) is 0 Å². The van der Waals surface area contributed by atoms with Gasteiger partial charge in [-0.15, -0.1) is 0 Å². The van der Waals surface area contributed by atoms with E-state index in [0.29, 0.717) is 11.2 Å². The minimum Gasteiger partial charge on any atom is -0.381 e. The standard InChI is InChI=1S/C12H17ClN2O/c1-15(11-3-6-16-7-4-11)9-10-2-5-14-12(13)8-10/h2,5,8,11H,3-4,6-7,9H2,1H3. The van der Waals surface area contributed by atoms with E-state index in [4.69, 9.17) is 16.3 Å². The maximum atomic E-state index is 5.86. The van der Waals surface area contributed by atoms with Crippen LogP contribution in [0.2, 0.25) is 5.15 Å². The third-order valence-electron chi connectivity index (χ3n) is 3.04. The molecular weight excluding hydrogens is 224 g/mol. The summed E-state index contributed by atoms with van der Waals surface area (Å²) in [7, 11) is 2.16. The van der Waals surface area contributed by atoms with Gasteiger partial charge in [-0.3, -0.25) is 4.90 Å². The molecule has 1 aromatic rings. The average molecular weight is 241 g/mol. The molecule has 0 amide bonds. The highest BCUT2D eigenvalue weighted by Crippen LogP contribution is 2.16. The van der Waals surface area contributed by atoms with E-state index in [0.717, 1.165) is 32.6 Å². The minimum absolute atomic E-state index is 0.567. The largest absolute Gasteiger partial charge is 0.381 e. The predicted octanol–water partition coefficient (Wildman–Crippen LogP) is 2.35. The number of halogens is 1. The Hall–Kier alpha value is -0.640. The summed E-state index contributed by atoms with van der Waals surface area (Å²) in [6.07, 6.45) is 4.00. The molecule has 3 nitrogen and oxygen atoms in total. The monoisotopic (exact) mass is 240 g/mol. The first-order valence-electron chi connectivity index (χ1n) is 5.64. The zero-order chi connectivity index (χ0) is 11.4. The van der Waals surface area contributed by atoms with E-state index in [1.165, 1.54) is 5.56 Å². The Bertz CT molecular complexity index is 340.